The van der Waals surface area contributed by atoms with E-state index in [1.165, 1.54) is 11.8 Å². The Kier molecular flexibility index (Phi) is 4.99. The molecule has 6 nitrogen and oxygen atoms in total. The van der Waals surface area contributed by atoms with Gasteiger partial charge >= 0.3 is 5.97 Å². The van der Waals surface area contributed by atoms with Crippen molar-refractivity contribution < 1.29 is 19.5 Å². The molecule has 124 valence electrons. The van der Waals surface area contributed by atoms with Crippen LogP contribution in [-0.4, -0.2) is 34.2 Å². The highest BCUT2D eigenvalue weighted by Gasteiger charge is 2.33. The molecule has 1 atom stereocenters. The highest BCUT2D eigenvalue weighted by atomic mass is 32.2. The Labute approximate surface area is 139 Å². The summed E-state index contributed by atoms with van der Waals surface area (Å²) in [4.78, 5) is 35.9. The first-order chi connectivity index (χ1) is 10.7. The molecule has 0 spiro atoms. The summed E-state index contributed by atoms with van der Waals surface area (Å²) in [6, 6.07) is 5.09. The van der Waals surface area contributed by atoms with Crippen molar-refractivity contribution in [1.82, 2.24) is 5.32 Å². The Bertz CT molecular complexity index is 659. The number of amides is 2. The van der Waals surface area contributed by atoms with E-state index in [0.717, 1.165) is 4.90 Å². The molecule has 0 fully saturated rings. The van der Waals surface area contributed by atoms with Crippen LogP contribution in [0.1, 0.15) is 37.6 Å². The largest absolute Gasteiger partial charge is 0.481 e. The zero-order valence-corrected chi connectivity index (χ0v) is 14.1. The number of carboxylic acid groups (broad SMARTS) is 1. The third-order valence-electron chi connectivity index (χ3n) is 4.07. The second-order valence-corrected chi connectivity index (χ2v) is 7.16. The van der Waals surface area contributed by atoms with E-state index in [2.05, 4.69) is 10.6 Å². The smallest absolute Gasteiger partial charge is 0.305 e. The van der Waals surface area contributed by atoms with Crippen LogP contribution in [-0.2, 0) is 9.59 Å². The Hall–Kier alpha value is -2.02. The molecule has 1 heterocycles. The maximum atomic E-state index is 12.5. The molecule has 0 radical (unpaired) electrons. The Morgan fingerprint density at radius 2 is 2.13 bits per heavy atom. The quantitative estimate of drug-likeness (QED) is 0.767. The summed E-state index contributed by atoms with van der Waals surface area (Å²) in [6.07, 6.45) is -0.159. The fraction of sp³-hybridized carbons (Fsp3) is 0.438. The number of hydrogen-bond donors (Lipinski definition) is 3. The van der Waals surface area contributed by atoms with Crippen LogP contribution in [0.5, 0.6) is 0 Å². The molecule has 2 amide bonds. The van der Waals surface area contributed by atoms with Crippen molar-refractivity contribution in [3.63, 3.8) is 0 Å². The van der Waals surface area contributed by atoms with Gasteiger partial charge in [0.2, 0.25) is 5.91 Å². The van der Waals surface area contributed by atoms with E-state index in [1.54, 1.807) is 25.1 Å². The molecule has 0 aliphatic carbocycles. The predicted octanol–water partition coefficient (Wildman–Crippen LogP) is 2.35. The summed E-state index contributed by atoms with van der Waals surface area (Å²) in [5.74, 6) is -1.10. The topological polar surface area (TPSA) is 95.5 Å². The molecule has 0 aromatic heterocycles. The van der Waals surface area contributed by atoms with E-state index < -0.39 is 11.5 Å². The average Bonchev–Trinajstić information content (AvgIpc) is 2.45. The number of thioether (sulfide) groups is 1. The van der Waals surface area contributed by atoms with Gasteiger partial charge in [0.25, 0.3) is 5.91 Å². The van der Waals surface area contributed by atoms with E-state index in [1.807, 2.05) is 13.8 Å². The van der Waals surface area contributed by atoms with E-state index in [0.29, 0.717) is 17.0 Å². The minimum absolute atomic E-state index is 0.0459. The van der Waals surface area contributed by atoms with Crippen molar-refractivity contribution in [3.8, 4) is 0 Å². The normalized spacial score (nSPS) is 16.3. The van der Waals surface area contributed by atoms with Crippen molar-refractivity contribution >= 4 is 35.2 Å². The lowest BCUT2D eigenvalue weighted by Gasteiger charge is -2.33. The number of nitrogens with one attached hydrogen (secondary N) is 2. The van der Waals surface area contributed by atoms with Crippen LogP contribution in [0.15, 0.2) is 23.1 Å². The molecule has 1 aromatic rings. The molecule has 1 aliphatic heterocycles. The third kappa shape index (κ3) is 4.04. The van der Waals surface area contributed by atoms with Crippen molar-refractivity contribution in [2.24, 2.45) is 5.92 Å². The molecule has 0 saturated heterocycles. The third-order valence-corrected chi connectivity index (χ3v) is 5.14. The van der Waals surface area contributed by atoms with Gasteiger partial charge in [-0.25, -0.2) is 0 Å². The maximum absolute atomic E-state index is 12.5. The SMILES string of the molecule is CC(C)C(C)(CC(=O)O)NC(=O)c1ccc2c(c1)NC(=O)CS2. The van der Waals surface area contributed by atoms with Gasteiger partial charge in [-0.1, -0.05) is 13.8 Å². The van der Waals surface area contributed by atoms with E-state index >= 15 is 0 Å². The lowest BCUT2D eigenvalue weighted by atomic mass is 9.85. The van der Waals surface area contributed by atoms with Gasteiger partial charge in [-0.3, -0.25) is 14.4 Å². The molecule has 1 aromatic carbocycles. The number of hydrogen-bond acceptors (Lipinski definition) is 4. The van der Waals surface area contributed by atoms with Crippen LogP contribution in [0, 0.1) is 5.92 Å². The first kappa shape index (κ1) is 17.3. The van der Waals surface area contributed by atoms with Crippen molar-refractivity contribution in [2.45, 2.75) is 37.6 Å². The molecule has 7 heteroatoms. The summed E-state index contributed by atoms with van der Waals surface area (Å²) >= 11 is 1.42. The van der Waals surface area contributed by atoms with Crippen LogP contribution in [0.25, 0.3) is 0 Å². The number of rotatable bonds is 5. The lowest BCUT2D eigenvalue weighted by Crippen LogP contribution is -2.51. The molecule has 1 unspecified atom stereocenters. The Morgan fingerprint density at radius 3 is 2.74 bits per heavy atom. The highest BCUT2D eigenvalue weighted by Crippen LogP contribution is 2.32. The van der Waals surface area contributed by atoms with E-state index in [4.69, 9.17) is 5.11 Å². The molecular formula is C16H20N2O4S. The monoisotopic (exact) mass is 336 g/mol. The minimum atomic E-state index is -0.962. The summed E-state index contributed by atoms with van der Waals surface area (Å²) in [6.45, 7) is 5.46. The molecule has 3 N–H and O–H groups in total. The van der Waals surface area contributed by atoms with Gasteiger partial charge in [-0.2, -0.15) is 0 Å². The van der Waals surface area contributed by atoms with Crippen LogP contribution in [0.4, 0.5) is 5.69 Å². The van der Waals surface area contributed by atoms with Gasteiger partial charge in [-0.05, 0) is 31.0 Å². The Morgan fingerprint density at radius 1 is 1.43 bits per heavy atom. The van der Waals surface area contributed by atoms with Gasteiger partial charge in [-0.15, -0.1) is 11.8 Å². The molecule has 2 rings (SSSR count). The lowest BCUT2D eigenvalue weighted by molar-refractivity contribution is -0.138. The zero-order chi connectivity index (χ0) is 17.2. The molecule has 23 heavy (non-hydrogen) atoms. The number of aliphatic carboxylic acids is 1. The first-order valence-corrected chi connectivity index (χ1v) is 8.31. The Balaban J connectivity index is 2.21. The number of benzene rings is 1. The number of carbonyl (C=O) groups is 3. The summed E-state index contributed by atoms with van der Waals surface area (Å²) in [5.41, 5.74) is 0.156. The standard InChI is InChI=1S/C16H20N2O4S/c1-9(2)16(3,7-14(20)21)18-15(22)10-4-5-12-11(6-10)17-13(19)8-23-12/h4-6,9H,7-8H2,1-3H3,(H,17,19)(H,18,22)(H,20,21). The van der Waals surface area contributed by atoms with E-state index in [9.17, 15) is 14.4 Å². The van der Waals surface area contributed by atoms with Crippen molar-refractivity contribution in [1.29, 1.82) is 0 Å². The number of anilines is 1. The number of fused-ring (bicyclic) bond motifs is 1. The van der Waals surface area contributed by atoms with Crippen molar-refractivity contribution in [2.75, 3.05) is 11.1 Å². The van der Waals surface area contributed by atoms with Crippen molar-refractivity contribution in [3.05, 3.63) is 23.8 Å². The molecule has 0 saturated carbocycles. The predicted molar refractivity (Wildman–Crippen MR) is 88.8 cm³/mol. The maximum Gasteiger partial charge on any atom is 0.305 e. The van der Waals surface area contributed by atoms with Crippen LogP contribution >= 0.6 is 11.8 Å². The fourth-order valence-corrected chi connectivity index (χ4v) is 3.05. The fourth-order valence-electron chi connectivity index (χ4n) is 2.26. The molecule has 1 aliphatic rings. The van der Waals surface area contributed by atoms with Crippen LogP contribution < -0.4 is 10.6 Å². The first-order valence-electron chi connectivity index (χ1n) is 7.32. The molecule has 0 bridgehead atoms. The van der Waals surface area contributed by atoms with Crippen LogP contribution in [0.3, 0.4) is 0 Å². The van der Waals surface area contributed by atoms with Gasteiger partial charge in [0.1, 0.15) is 0 Å². The van der Waals surface area contributed by atoms with Gasteiger partial charge in [0, 0.05) is 10.5 Å². The average molecular weight is 336 g/mol. The summed E-state index contributed by atoms with van der Waals surface area (Å²) in [5, 5.41) is 14.6. The second-order valence-electron chi connectivity index (χ2n) is 6.14. The summed E-state index contributed by atoms with van der Waals surface area (Å²) in [7, 11) is 0. The highest BCUT2D eigenvalue weighted by molar-refractivity contribution is 8.00. The van der Waals surface area contributed by atoms with Gasteiger partial charge < -0.3 is 15.7 Å². The van der Waals surface area contributed by atoms with Gasteiger partial charge in [0.15, 0.2) is 0 Å². The van der Waals surface area contributed by atoms with E-state index in [-0.39, 0.29) is 24.2 Å². The second kappa shape index (κ2) is 6.62. The summed E-state index contributed by atoms with van der Waals surface area (Å²) < 4.78 is 0. The molecular weight excluding hydrogens is 316 g/mol. The van der Waals surface area contributed by atoms with Gasteiger partial charge in [0.05, 0.1) is 23.4 Å². The zero-order valence-electron chi connectivity index (χ0n) is 13.3. The van der Waals surface area contributed by atoms with Crippen LogP contribution in [0.2, 0.25) is 0 Å². The number of carboxylic acids is 1. The number of carbonyl (C=O) groups excluding carboxylic acids is 2. The minimum Gasteiger partial charge on any atom is -0.481 e.